The lowest BCUT2D eigenvalue weighted by atomic mass is 10.1. The minimum Gasteiger partial charge on any atom is -0.299 e. The van der Waals surface area contributed by atoms with Crippen molar-refractivity contribution < 1.29 is 4.11 Å². The van der Waals surface area contributed by atoms with E-state index >= 15 is 0 Å². The summed E-state index contributed by atoms with van der Waals surface area (Å²) in [6, 6.07) is 9.97. The molecule has 0 aliphatic carbocycles. The molecule has 1 aromatic carbocycles. The van der Waals surface area contributed by atoms with Gasteiger partial charge in [0.1, 0.15) is 0 Å². The highest BCUT2D eigenvalue weighted by Gasteiger charge is 2.21. The highest BCUT2D eigenvalue weighted by atomic mass is 15.1. The van der Waals surface area contributed by atoms with Gasteiger partial charge in [-0.05, 0) is 31.9 Å². The SMILES string of the molecule is [2H]C([2H])([2H])N1CCCC1c1ccccc1. The summed E-state index contributed by atoms with van der Waals surface area (Å²) < 4.78 is 22.4. The molecule has 0 N–H and O–H groups in total. The quantitative estimate of drug-likeness (QED) is 0.616. The zero-order valence-electron chi connectivity index (χ0n) is 10.0. The molecule has 1 nitrogen and oxygen atoms in total. The van der Waals surface area contributed by atoms with E-state index in [0.717, 1.165) is 18.4 Å². The van der Waals surface area contributed by atoms with E-state index in [1.54, 1.807) is 4.90 Å². The molecule has 1 saturated heterocycles. The predicted molar refractivity (Wildman–Crippen MR) is 51.0 cm³/mol. The third-order valence-electron chi connectivity index (χ3n) is 2.44. The Labute approximate surface area is 78.2 Å². The monoisotopic (exact) mass is 164 g/mol. The van der Waals surface area contributed by atoms with Gasteiger partial charge in [0, 0.05) is 10.2 Å². The summed E-state index contributed by atoms with van der Waals surface area (Å²) in [5.41, 5.74) is 1.12. The Morgan fingerprint density at radius 2 is 2.25 bits per heavy atom. The van der Waals surface area contributed by atoms with E-state index in [4.69, 9.17) is 4.11 Å². The third-order valence-corrected chi connectivity index (χ3v) is 2.44. The maximum atomic E-state index is 7.47. The van der Waals surface area contributed by atoms with Gasteiger partial charge in [-0.3, -0.25) is 4.90 Å². The van der Waals surface area contributed by atoms with Crippen molar-refractivity contribution in [3.8, 4) is 0 Å². The highest BCUT2D eigenvalue weighted by Crippen LogP contribution is 2.29. The molecule has 0 saturated carbocycles. The van der Waals surface area contributed by atoms with Gasteiger partial charge in [0.15, 0.2) is 0 Å². The Balaban J connectivity index is 2.23. The molecule has 1 aliphatic heterocycles. The van der Waals surface area contributed by atoms with Crippen molar-refractivity contribution >= 4 is 0 Å². The van der Waals surface area contributed by atoms with E-state index in [-0.39, 0.29) is 6.04 Å². The summed E-state index contributed by atoms with van der Waals surface area (Å²) in [6.07, 6.45) is 1.92. The van der Waals surface area contributed by atoms with Gasteiger partial charge < -0.3 is 0 Å². The molecule has 0 bridgehead atoms. The van der Waals surface area contributed by atoms with Crippen LogP contribution in [-0.4, -0.2) is 18.4 Å². The maximum absolute atomic E-state index is 7.47. The van der Waals surface area contributed by atoms with Crippen molar-refractivity contribution in [3.63, 3.8) is 0 Å². The molecular formula is C11H15N. The van der Waals surface area contributed by atoms with Crippen LogP contribution >= 0.6 is 0 Å². The first-order valence-electron chi connectivity index (χ1n) is 5.91. The molecule has 0 amide bonds. The molecule has 1 heteroatoms. The predicted octanol–water partition coefficient (Wildman–Crippen LogP) is 2.45. The van der Waals surface area contributed by atoms with Gasteiger partial charge >= 0.3 is 0 Å². The fourth-order valence-electron chi connectivity index (χ4n) is 1.79. The molecule has 1 aromatic rings. The van der Waals surface area contributed by atoms with E-state index in [2.05, 4.69) is 0 Å². The standard InChI is InChI=1S/C11H15N/c1-12-9-5-8-11(12)10-6-3-2-4-7-10/h2-4,6-7,11H,5,8-9H2,1H3/i1D3. The number of rotatable bonds is 1. The number of likely N-dealkylation sites (tertiary alicyclic amines) is 1. The molecule has 0 radical (unpaired) electrons. The van der Waals surface area contributed by atoms with Crippen molar-refractivity contribution in [1.29, 1.82) is 0 Å². The van der Waals surface area contributed by atoms with Gasteiger partial charge in [0.05, 0.1) is 0 Å². The van der Waals surface area contributed by atoms with Crippen molar-refractivity contribution in [2.24, 2.45) is 0 Å². The lowest BCUT2D eigenvalue weighted by Crippen LogP contribution is -2.17. The molecule has 1 fully saturated rings. The van der Waals surface area contributed by atoms with Crippen LogP contribution in [0.3, 0.4) is 0 Å². The Hall–Kier alpha value is -0.820. The Morgan fingerprint density at radius 3 is 3.00 bits per heavy atom. The van der Waals surface area contributed by atoms with Crippen LogP contribution in [-0.2, 0) is 0 Å². The Bertz CT molecular complexity index is 320. The van der Waals surface area contributed by atoms with E-state index in [1.807, 2.05) is 30.3 Å². The van der Waals surface area contributed by atoms with Crippen LogP contribution < -0.4 is 0 Å². The second-order valence-electron chi connectivity index (χ2n) is 3.26. The summed E-state index contributed by atoms with van der Waals surface area (Å²) in [4.78, 5) is 1.63. The molecule has 1 aliphatic rings. The Morgan fingerprint density at radius 1 is 1.42 bits per heavy atom. The van der Waals surface area contributed by atoms with Crippen LogP contribution in [0.4, 0.5) is 0 Å². The van der Waals surface area contributed by atoms with Gasteiger partial charge in [0.25, 0.3) is 0 Å². The van der Waals surface area contributed by atoms with Crippen LogP contribution in [0.15, 0.2) is 30.3 Å². The molecule has 0 spiro atoms. The summed E-state index contributed by atoms with van der Waals surface area (Å²) in [5, 5.41) is 0. The van der Waals surface area contributed by atoms with Crippen molar-refractivity contribution in [2.75, 3.05) is 13.5 Å². The fourth-order valence-corrected chi connectivity index (χ4v) is 1.79. The van der Waals surface area contributed by atoms with Crippen LogP contribution in [0.2, 0.25) is 0 Å². The third kappa shape index (κ3) is 1.37. The second-order valence-corrected chi connectivity index (χ2v) is 3.26. The minimum atomic E-state index is -1.96. The van der Waals surface area contributed by atoms with Crippen LogP contribution in [0, 0.1) is 0 Å². The van der Waals surface area contributed by atoms with Crippen LogP contribution in [0.25, 0.3) is 0 Å². The summed E-state index contributed by atoms with van der Waals surface area (Å²) in [6.45, 7) is -1.28. The minimum absolute atomic E-state index is 0.0682. The second kappa shape index (κ2) is 3.28. The van der Waals surface area contributed by atoms with Gasteiger partial charge in [-0.2, -0.15) is 0 Å². The average Bonchev–Trinajstić information content (AvgIpc) is 2.67. The molecular weight excluding hydrogens is 146 g/mol. The van der Waals surface area contributed by atoms with E-state index < -0.39 is 6.98 Å². The molecule has 2 rings (SSSR count). The van der Waals surface area contributed by atoms with Crippen molar-refractivity contribution in [2.45, 2.75) is 18.9 Å². The Kier molecular flexibility index (Phi) is 1.37. The largest absolute Gasteiger partial charge is 0.299 e. The molecule has 64 valence electrons. The number of benzene rings is 1. The topological polar surface area (TPSA) is 3.24 Å². The molecule has 0 aromatic heterocycles. The molecule has 1 atom stereocenters. The first kappa shape index (κ1) is 5.03. The average molecular weight is 164 g/mol. The van der Waals surface area contributed by atoms with Gasteiger partial charge in [-0.1, -0.05) is 30.3 Å². The lowest BCUT2D eigenvalue weighted by molar-refractivity contribution is 0.317. The first-order valence-corrected chi connectivity index (χ1v) is 4.41. The van der Waals surface area contributed by atoms with E-state index in [9.17, 15) is 0 Å². The lowest BCUT2D eigenvalue weighted by Gasteiger charge is -2.19. The number of hydrogen-bond acceptors (Lipinski definition) is 1. The number of hydrogen-bond donors (Lipinski definition) is 0. The number of nitrogens with zero attached hydrogens (tertiary/aromatic N) is 1. The smallest absolute Gasteiger partial charge is 0.0394 e. The molecule has 12 heavy (non-hydrogen) atoms. The zero-order chi connectivity index (χ0) is 10.9. The van der Waals surface area contributed by atoms with E-state index in [1.165, 1.54) is 0 Å². The van der Waals surface area contributed by atoms with Crippen LogP contribution in [0.5, 0.6) is 0 Å². The summed E-state index contributed by atoms with van der Waals surface area (Å²) >= 11 is 0. The maximum Gasteiger partial charge on any atom is 0.0394 e. The summed E-state index contributed by atoms with van der Waals surface area (Å²) in [7, 11) is 0. The zero-order valence-corrected chi connectivity index (χ0v) is 7.03. The molecule has 1 heterocycles. The normalized spacial score (nSPS) is 29.3. The van der Waals surface area contributed by atoms with Gasteiger partial charge in [-0.25, -0.2) is 0 Å². The van der Waals surface area contributed by atoms with Crippen molar-refractivity contribution in [3.05, 3.63) is 35.9 Å². The first-order chi connectivity index (χ1) is 7.09. The van der Waals surface area contributed by atoms with Crippen LogP contribution in [0.1, 0.15) is 28.6 Å². The summed E-state index contributed by atoms with van der Waals surface area (Å²) in [5.74, 6) is 0. The van der Waals surface area contributed by atoms with Crippen molar-refractivity contribution in [1.82, 2.24) is 4.90 Å². The van der Waals surface area contributed by atoms with Gasteiger partial charge in [-0.15, -0.1) is 0 Å². The highest BCUT2D eigenvalue weighted by molar-refractivity contribution is 5.19. The molecule has 1 unspecified atom stereocenters. The van der Waals surface area contributed by atoms with E-state index in [0.29, 0.717) is 6.54 Å². The fraction of sp³-hybridized carbons (Fsp3) is 0.455. The van der Waals surface area contributed by atoms with Gasteiger partial charge in [0.2, 0.25) is 0 Å².